The van der Waals surface area contributed by atoms with Crippen molar-refractivity contribution in [2.45, 2.75) is 19.4 Å². The molecular formula is C19H18O5. The Morgan fingerprint density at radius 3 is 2.38 bits per heavy atom. The lowest BCUT2D eigenvalue weighted by molar-refractivity contribution is -0.133. The number of phenolic OH excluding ortho intramolecular Hbond substituents is 1. The Labute approximate surface area is 139 Å². The third-order valence-electron chi connectivity index (χ3n) is 3.56. The molecule has 124 valence electrons. The number of ether oxygens (including phenoxy) is 1. The highest BCUT2D eigenvalue weighted by molar-refractivity contribution is 6.10. The van der Waals surface area contributed by atoms with Crippen molar-refractivity contribution in [2.24, 2.45) is 0 Å². The molecule has 0 fully saturated rings. The summed E-state index contributed by atoms with van der Waals surface area (Å²) in [5.74, 6) is -1.40. The van der Waals surface area contributed by atoms with Gasteiger partial charge in [-0.3, -0.25) is 4.79 Å². The van der Waals surface area contributed by atoms with Crippen molar-refractivity contribution in [3.05, 3.63) is 71.8 Å². The average Bonchev–Trinajstić information content (AvgIpc) is 2.59. The second-order valence-corrected chi connectivity index (χ2v) is 5.22. The van der Waals surface area contributed by atoms with Crippen LogP contribution in [0.1, 0.15) is 29.3 Å². The van der Waals surface area contributed by atoms with E-state index in [9.17, 15) is 14.7 Å². The zero-order chi connectivity index (χ0) is 17.7. The van der Waals surface area contributed by atoms with E-state index in [-0.39, 0.29) is 28.4 Å². The van der Waals surface area contributed by atoms with Crippen molar-refractivity contribution in [3.8, 4) is 11.5 Å². The first-order chi connectivity index (χ1) is 11.4. The number of hydrogen-bond acceptors (Lipinski definition) is 4. The summed E-state index contributed by atoms with van der Waals surface area (Å²) in [6, 6.07) is 12.9. The van der Waals surface area contributed by atoms with Gasteiger partial charge >= 0.3 is 5.97 Å². The predicted octanol–water partition coefficient (Wildman–Crippen LogP) is 3.42. The van der Waals surface area contributed by atoms with Gasteiger partial charge in [0.15, 0.2) is 5.78 Å². The SMILES string of the molecule is C=C(C(=O)O)C(CC)Oc1ccc(C(=O)c2ccccc2)c(O)c1. The number of benzene rings is 2. The second kappa shape index (κ2) is 7.46. The van der Waals surface area contributed by atoms with Crippen molar-refractivity contribution < 1.29 is 24.5 Å². The number of rotatable bonds is 7. The fraction of sp³-hybridized carbons (Fsp3) is 0.158. The highest BCUT2D eigenvalue weighted by Gasteiger charge is 2.20. The highest BCUT2D eigenvalue weighted by atomic mass is 16.5. The van der Waals surface area contributed by atoms with E-state index in [0.717, 1.165) is 0 Å². The van der Waals surface area contributed by atoms with Crippen LogP contribution in [0.4, 0.5) is 0 Å². The first-order valence-corrected chi connectivity index (χ1v) is 7.45. The van der Waals surface area contributed by atoms with Crippen LogP contribution in [-0.2, 0) is 4.79 Å². The molecule has 0 aliphatic rings. The van der Waals surface area contributed by atoms with Crippen molar-refractivity contribution in [1.29, 1.82) is 0 Å². The molecule has 0 aromatic heterocycles. The Bertz CT molecular complexity index is 765. The Morgan fingerprint density at radius 2 is 1.83 bits per heavy atom. The van der Waals surface area contributed by atoms with Crippen LogP contribution in [-0.4, -0.2) is 28.1 Å². The van der Waals surface area contributed by atoms with E-state index in [1.807, 2.05) is 0 Å². The first-order valence-electron chi connectivity index (χ1n) is 7.45. The highest BCUT2D eigenvalue weighted by Crippen LogP contribution is 2.27. The maximum Gasteiger partial charge on any atom is 0.334 e. The van der Waals surface area contributed by atoms with Gasteiger partial charge in [0.05, 0.1) is 11.1 Å². The normalized spacial score (nSPS) is 11.5. The molecule has 1 atom stereocenters. The molecule has 0 amide bonds. The molecule has 0 heterocycles. The molecule has 0 bridgehead atoms. The van der Waals surface area contributed by atoms with Gasteiger partial charge < -0.3 is 14.9 Å². The molecule has 5 nitrogen and oxygen atoms in total. The molecule has 0 radical (unpaired) electrons. The van der Waals surface area contributed by atoms with Crippen molar-refractivity contribution >= 4 is 11.8 Å². The Hall–Kier alpha value is -3.08. The molecule has 0 saturated heterocycles. The summed E-state index contributed by atoms with van der Waals surface area (Å²) in [6.07, 6.45) is -0.297. The van der Waals surface area contributed by atoms with Crippen molar-refractivity contribution in [3.63, 3.8) is 0 Å². The second-order valence-electron chi connectivity index (χ2n) is 5.22. The number of phenols is 1. The monoisotopic (exact) mass is 326 g/mol. The number of carboxylic acids is 1. The molecule has 0 saturated carbocycles. The average molecular weight is 326 g/mol. The molecule has 2 aromatic carbocycles. The number of hydrogen-bond donors (Lipinski definition) is 2. The van der Waals surface area contributed by atoms with Gasteiger partial charge in [-0.05, 0) is 18.6 Å². The zero-order valence-corrected chi connectivity index (χ0v) is 13.2. The van der Waals surface area contributed by atoms with Gasteiger partial charge in [-0.1, -0.05) is 43.8 Å². The summed E-state index contributed by atoms with van der Waals surface area (Å²) in [7, 11) is 0. The number of ketones is 1. The maximum absolute atomic E-state index is 12.4. The quantitative estimate of drug-likeness (QED) is 0.601. The molecule has 0 aliphatic heterocycles. The summed E-state index contributed by atoms with van der Waals surface area (Å²) in [4.78, 5) is 23.3. The van der Waals surface area contributed by atoms with Gasteiger partial charge in [-0.15, -0.1) is 0 Å². The first kappa shape index (κ1) is 17.3. The Kier molecular flexibility index (Phi) is 5.37. The summed E-state index contributed by atoms with van der Waals surface area (Å²) >= 11 is 0. The summed E-state index contributed by atoms with van der Waals surface area (Å²) in [5, 5.41) is 19.1. The summed E-state index contributed by atoms with van der Waals surface area (Å²) in [6.45, 7) is 5.26. The molecule has 2 aromatic rings. The third kappa shape index (κ3) is 3.81. The van der Waals surface area contributed by atoms with Gasteiger partial charge in [0.25, 0.3) is 0 Å². The van der Waals surface area contributed by atoms with Gasteiger partial charge in [0.2, 0.25) is 0 Å². The number of carbonyl (C=O) groups is 2. The van der Waals surface area contributed by atoms with E-state index in [1.54, 1.807) is 37.3 Å². The van der Waals surface area contributed by atoms with E-state index in [4.69, 9.17) is 9.84 Å². The number of aliphatic carboxylic acids is 1. The number of aromatic hydroxyl groups is 1. The lowest BCUT2D eigenvalue weighted by Crippen LogP contribution is -2.22. The van der Waals surface area contributed by atoms with Crippen LogP contribution >= 0.6 is 0 Å². The van der Waals surface area contributed by atoms with Crippen LogP contribution in [0, 0.1) is 0 Å². The maximum atomic E-state index is 12.4. The predicted molar refractivity (Wildman–Crippen MR) is 89.5 cm³/mol. The number of carbonyl (C=O) groups excluding carboxylic acids is 1. The van der Waals surface area contributed by atoms with Crippen molar-refractivity contribution in [2.75, 3.05) is 0 Å². The molecule has 1 unspecified atom stereocenters. The van der Waals surface area contributed by atoms with E-state index in [2.05, 4.69) is 6.58 Å². The summed E-state index contributed by atoms with van der Waals surface area (Å²) in [5.41, 5.74) is 0.548. The Morgan fingerprint density at radius 1 is 1.17 bits per heavy atom. The fourth-order valence-electron chi connectivity index (χ4n) is 2.22. The topological polar surface area (TPSA) is 83.8 Å². The molecule has 0 spiro atoms. The van der Waals surface area contributed by atoms with Crippen LogP contribution in [0.15, 0.2) is 60.7 Å². The van der Waals surface area contributed by atoms with E-state index < -0.39 is 12.1 Å². The minimum absolute atomic E-state index is 0.0681. The molecule has 2 N–H and O–H groups in total. The minimum atomic E-state index is -1.14. The van der Waals surface area contributed by atoms with Crippen LogP contribution in [0.3, 0.4) is 0 Å². The molecule has 0 aliphatic carbocycles. The van der Waals surface area contributed by atoms with Crippen LogP contribution < -0.4 is 4.74 Å². The lowest BCUT2D eigenvalue weighted by atomic mass is 10.0. The van der Waals surface area contributed by atoms with E-state index in [1.165, 1.54) is 18.2 Å². The minimum Gasteiger partial charge on any atom is -0.507 e. The van der Waals surface area contributed by atoms with Crippen molar-refractivity contribution in [1.82, 2.24) is 0 Å². The van der Waals surface area contributed by atoms with Gasteiger partial charge in [0.1, 0.15) is 17.6 Å². The number of carboxylic acid groups (broad SMARTS) is 1. The van der Waals surface area contributed by atoms with Crippen LogP contribution in [0.5, 0.6) is 11.5 Å². The smallest absolute Gasteiger partial charge is 0.334 e. The molecule has 24 heavy (non-hydrogen) atoms. The van der Waals surface area contributed by atoms with Gasteiger partial charge in [-0.2, -0.15) is 0 Å². The van der Waals surface area contributed by atoms with Gasteiger partial charge in [0, 0.05) is 11.6 Å². The van der Waals surface area contributed by atoms with E-state index >= 15 is 0 Å². The molecule has 5 heteroatoms. The lowest BCUT2D eigenvalue weighted by Gasteiger charge is -2.18. The standard InChI is InChI=1S/C19H18O5/c1-3-17(12(2)19(22)23)24-14-9-10-15(16(20)11-14)18(21)13-7-5-4-6-8-13/h4-11,17,20H,2-3H2,1H3,(H,22,23). The van der Waals surface area contributed by atoms with Crippen LogP contribution in [0.25, 0.3) is 0 Å². The molecular weight excluding hydrogens is 308 g/mol. The molecule has 2 rings (SSSR count). The summed E-state index contributed by atoms with van der Waals surface area (Å²) < 4.78 is 5.56. The zero-order valence-electron chi connectivity index (χ0n) is 13.2. The third-order valence-corrected chi connectivity index (χ3v) is 3.56. The van der Waals surface area contributed by atoms with Gasteiger partial charge in [-0.25, -0.2) is 4.79 Å². The fourth-order valence-corrected chi connectivity index (χ4v) is 2.22. The van der Waals surface area contributed by atoms with Crippen LogP contribution in [0.2, 0.25) is 0 Å². The van der Waals surface area contributed by atoms with E-state index in [0.29, 0.717) is 12.0 Å². The largest absolute Gasteiger partial charge is 0.507 e. The Balaban J connectivity index is 2.22.